The molecule has 0 N–H and O–H groups in total. The van der Waals surface area contributed by atoms with E-state index in [4.69, 9.17) is 0 Å². The number of hydrogen-bond donors (Lipinski definition) is 0. The molecule has 0 spiro atoms. The Hall–Kier alpha value is -3.12. The van der Waals surface area contributed by atoms with E-state index in [1.54, 1.807) is 0 Å². The number of aryl methyl sites for hydroxylation is 1. The van der Waals surface area contributed by atoms with E-state index in [-0.39, 0.29) is 0 Å². The van der Waals surface area contributed by atoms with E-state index < -0.39 is 0 Å². The molecule has 33 heavy (non-hydrogen) atoms. The standard InChI is InChI=1S/C33H36/c1-3-5-7-15-32(25-26-18-19-27-13-8-9-16-31(27)24-26)28-20-22-30(23-21-28)33-17-11-10-14-29(33)12-6-4-2/h4,8-11,13-14,16-24,32H,2-3,5-7,12,15,25H2,1H3. The van der Waals surface area contributed by atoms with Crippen LogP contribution in [0.5, 0.6) is 0 Å². The second-order valence-electron chi connectivity index (χ2n) is 9.18. The zero-order chi connectivity index (χ0) is 22.9. The molecule has 0 aliphatic rings. The van der Waals surface area contributed by atoms with Crippen LogP contribution in [0.2, 0.25) is 0 Å². The van der Waals surface area contributed by atoms with Crippen LogP contribution in [0.4, 0.5) is 0 Å². The van der Waals surface area contributed by atoms with E-state index in [2.05, 4.69) is 104 Å². The van der Waals surface area contributed by atoms with Gasteiger partial charge in [0, 0.05) is 0 Å². The lowest BCUT2D eigenvalue weighted by Crippen LogP contribution is -2.04. The fraction of sp³-hybridized carbons (Fsp3) is 0.273. The summed E-state index contributed by atoms with van der Waals surface area (Å²) in [5.41, 5.74) is 6.97. The van der Waals surface area contributed by atoms with Crippen LogP contribution in [0.25, 0.3) is 21.9 Å². The molecular formula is C33H36. The molecule has 4 aromatic carbocycles. The molecule has 1 unspecified atom stereocenters. The molecule has 0 saturated carbocycles. The maximum absolute atomic E-state index is 3.89. The molecule has 0 aliphatic heterocycles. The van der Waals surface area contributed by atoms with Crippen molar-refractivity contribution in [1.82, 2.24) is 0 Å². The monoisotopic (exact) mass is 432 g/mol. The zero-order valence-electron chi connectivity index (χ0n) is 20.0. The second-order valence-corrected chi connectivity index (χ2v) is 9.18. The Morgan fingerprint density at radius 2 is 1.55 bits per heavy atom. The molecule has 0 heterocycles. The van der Waals surface area contributed by atoms with E-state index in [0.29, 0.717) is 5.92 Å². The maximum atomic E-state index is 3.89. The molecule has 0 heteroatoms. The van der Waals surface area contributed by atoms with Gasteiger partial charge in [-0.3, -0.25) is 0 Å². The Bertz CT molecular complexity index is 1170. The Morgan fingerprint density at radius 1 is 0.788 bits per heavy atom. The minimum absolute atomic E-state index is 0.558. The van der Waals surface area contributed by atoms with Crippen molar-refractivity contribution in [2.75, 3.05) is 0 Å². The molecular weight excluding hydrogens is 396 g/mol. The smallest absolute Gasteiger partial charge is 0.0121 e. The highest BCUT2D eigenvalue weighted by atomic mass is 14.2. The van der Waals surface area contributed by atoms with Crippen LogP contribution < -0.4 is 0 Å². The van der Waals surface area contributed by atoms with Crippen molar-refractivity contribution in [2.24, 2.45) is 0 Å². The summed E-state index contributed by atoms with van der Waals surface area (Å²) < 4.78 is 0. The predicted molar refractivity (Wildman–Crippen MR) is 145 cm³/mol. The lowest BCUT2D eigenvalue weighted by atomic mass is 9.86. The molecule has 0 nitrogen and oxygen atoms in total. The van der Waals surface area contributed by atoms with Crippen molar-refractivity contribution in [1.29, 1.82) is 0 Å². The molecule has 0 fully saturated rings. The van der Waals surface area contributed by atoms with Crippen molar-refractivity contribution >= 4 is 10.8 Å². The van der Waals surface area contributed by atoms with E-state index in [1.807, 2.05) is 6.08 Å². The third-order valence-corrected chi connectivity index (χ3v) is 6.78. The first-order valence-corrected chi connectivity index (χ1v) is 12.5. The predicted octanol–water partition coefficient (Wildman–Crippen LogP) is 9.53. The lowest BCUT2D eigenvalue weighted by Gasteiger charge is -2.19. The molecule has 4 rings (SSSR count). The topological polar surface area (TPSA) is 0 Å². The molecule has 4 aromatic rings. The van der Waals surface area contributed by atoms with Gasteiger partial charge in [0.1, 0.15) is 0 Å². The van der Waals surface area contributed by atoms with Crippen LogP contribution in [0.15, 0.2) is 104 Å². The van der Waals surface area contributed by atoms with E-state index in [1.165, 1.54) is 64.3 Å². The Morgan fingerprint density at radius 3 is 2.33 bits per heavy atom. The summed E-state index contributed by atoms with van der Waals surface area (Å²) in [5.74, 6) is 0.558. The Kier molecular flexibility index (Phi) is 8.14. The van der Waals surface area contributed by atoms with Gasteiger partial charge in [-0.15, -0.1) is 6.58 Å². The van der Waals surface area contributed by atoms with Gasteiger partial charge < -0.3 is 0 Å². The first-order valence-electron chi connectivity index (χ1n) is 12.5. The fourth-order valence-corrected chi connectivity index (χ4v) is 4.89. The average molecular weight is 433 g/mol. The highest BCUT2D eigenvalue weighted by molar-refractivity contribution is 5.83. The normalized spacial score (nSPS) is 12.0. The van der Waals surface area contributed by atoms with Crippen molar-refractivity contribution in [3.8, 4) is 11.1 Å². The molecule has 0 saturated heterocycles. The SMILES string of the molecule is C=CCCc1ccccc1-c1ccc(C(CCCCC)Cc2ccc3ccccc3c2)cc1. The van der Waals surface area contributed by atoms with Gasteiger partial charge in [-0.1, -0.05) is 123 Å². The first-order chi connectivity index (χ1) is 16.3. The van der Waals surface area contributed by atoms with Gasteiger partial charge in [0.15, 0.2) is 0 Å². The highest BCUT2D eigenvalue weighted by Gasteiger charge is 2.14. The molecule has 0 radical (unpaired) electrons. The molecule has 0 bridgehead atoms. The summed E-state index contributed by atoms with van der Waals surface area (Å²) in [7, 11) is 0. The van der Waals surface area contributed by atoms with Crippen LogP contribution in [-0.2, 0) is 12.8 Å². The van der Waals surface area contributed by atoms with E-state index in [9.17, 15) is 0 Å². The van der Waals surface area contributed by atoms with Crippen molar-refractivity contribution < 1.29 is 0 Å². The van der Waals surface area contributed by atoms with Gasteiger partial charge in [-0.05, 0) is 70.2 Å². The largest absolute Gasteiger partial charge is 0.103 e. The van der Waals surface area contributed by atoms with E-state index in [0.717, 1.165) is 19.3 Å². The third-order valence-electron chi connectivity index (χ3n) is 6.78. The summed E-state index contributed by atoms with van der Waals surface area (Å²) in [4.78, 5) is 0. The number of unbranched alkanes of at least 4 members (excludes halogenated alkanes) is 2. The lowest BCUT2D eigenvalue weighted by molar-refractivity contribution is 0.563. The van der Waals surface area contributed by atoms with Gasteiger partial charge in [-0.25, -0.2) is 0 Å². The summed E-state index contributed by atoms with van der Waals surface area (Å²) in [6, 6.07) is 33.8. The molecule has 0 amide bonds. The molecule has 0 aromatic heterocycles. The van der Waals surface area contributed by atoms with Gasteiger partial charge in [-0.2, -0.15) is 0 Å². The number of benzene rings is 4. The minimum atomic E-state index is 0.558. The second kappa shape index (κ2) is 11.7. The summed E-state index contributed by atoms with van der Waals surface area (Å²) >= 11 is 0. The number of allylic oxidation sites excluding steroid dienone is 1. The summed E-state index contributed by atoms with van der Waals surface area (Å²) in [6.07, 6.45) is 10.3. The van der Waals surface area contributed by atoms with Crippen molar-refractivity contribution in [2.45, 2.75) is 57.8 Å². The molecule has 1 atom stereocenters. The van der Waals surface area contributed by atoms with Crippen molar-refractivity contribution in [3.05, 3.63) is 120 Å². The van der Waals surface area contributed by atoms with Crippen molar-refractivity contribution in [3.63, 3.8) is 0 Å². The van der Waals surface area contributed by atoms with Crippen LogP contribution in [0.3, 0.4) is 0 Å². The minimum Gasteiger partial charge on any atom is -0.103 e. The van der Waals surface area contributed by atoms with Gasteiger partial charge >= 0.3 is 0 Å². The average Bonchev–Trinajstić information content (AvgIpc) is 2.87. The quantitative estimate of drug-likeness (QED) is 0.163. The Labute approximate surface area is 200 Å². The number of rotatable bonds is 11. The van der Waals surface area contributed by atoms with Crippen LogP contribution in [0, 0.1) is 0 Å². The highest BCUT2D eigenvalue weighted by Crippen LogP contribution is 2.31. The maximum Gasteiger partial charge on any atom is -0.0121 e. The number of fused-ring (bicyclic) bond motifs is 1. The number of hydrogen-bond acceptors (Lipinski definition) is 0. The van der Waals surface area contributed by atoms with Crippen LogP contribution in [0.1, 0.15) is 61.6 Å². The summed E-state index contributed by atoms with van der Waals surface area (Å²) in [6.45, 7) is 6.18. The van der Waals surface area contributed by atoms with E-state index >= 15 is 0 Å². The Balaban J connectivity index is 1.57. The van der Waals surface area contributed by atoms with Gasteiger partial charge in [0.2, 0.25) is 0 Å². The van der Waals surface area contributed by atoms with Crippen LogP contribution in [-0.4, -0.2) is 0 Å². The molecule has 0 aliphatic carbocycles. The summed E-state index contributed by atoms with van der Waals surface area (Å²) in [5, 5.41) is 2.66. The van der Waals surface area contributed by atoms with Gasteiger partial charge in [0.25, 0.3) is 0 Å². The van der Waals surface area contributed by atoms with Crippen LogP contribution >= 0.6 is 0 Å². The zero-order valence-corrected chi connectivity index (χ0v) is 20.0. The van der Waals surface area contributed by atoms with Gasteiger partial charge in [0.05, 0.1) is 0 Å². The molecule has 168 valence electrons. The first kappa shape index (κ1) is 23.1. The third kappa shape index (κ3) is 6.02. The fourth-order valence-electron chi connectivity index (χ4n) is 4.89.